The van der Waals surface area contributed by atoms with E-state index in [1.165, 1.54) is 22.5 Å². The van der Waals surface area contributed by atoms with Gasteiger partial charge in [-0.3, -0.25) is 14.6 Å². The van der Waals surface area contributed by atoms with Crippen LogP contribution in [-0.4, -0.2) is 20.4 Å². The predicted molar refractivity (Wildman–Crippen MR) is 88.2 cm³/mol. The average Bonchev–Trinajstić information content (AvgIpc) is 2.73. The van der Waals surface area contributed by atoms with Crippen molar-refractivity contribution < 1.29 is 0 Å². The Morgan fingerprint density at radius 2 is 1.85 bits per heavy atom. The highest BCUT2D eigenvalue weighted by Gasteiger charge is 2.34. The number of aromatic amines is 1. The van der Waals surface area contributed by atoms with Crippen molar-refractivity contribution in [3.8, 4) is 0 Å². The Bertz CT molecular complexity index is 647. The molecule has 2 atom stereocenters. The van der Waals surface area contributed by atoms with E-state index in [9.17, 15) is 4.79 Å². The molecule has 3 nitrogen and oxygen atoms in total. The van der Waals surface area contributed by atoms with E-state index in [2.05, 4.69) is 5.10 Å². The van der Waals surface area contributed by atoms with Crippen LogP contribution in [0.5, 0.6) is 0 Å². The Kier molecular flexibility index (Phi) is 5.49. The van der Waals surface area contributed by atoms with Crippen molar-refractivity contribution in [2.24, 2.45) is 7.05 Å². The molecule has 9 heteroatoms. The van der Waals surface area contributed by atoms with E-state index >= 15 is 0 Å². The molecular formula is C11H9Cl5N2OS. The molecule has 0 amide bonds. The number of allylic oxidation sites excluding steroid dienone is 3. The Morgan fingerprint density at radius 1 is 1.25 bits per heavy atom. The molecule has 0 radical (unpaired) electrons. The van der Waals surface area contributed by atoms with Gasteiger partial charge in [0.15, 0.2) is 0 Å². The molecule has 0 bridgehead atoms. The monoisotopic (exact) mass is 392 g/mol. The number of nitrogens with zero attached hydrogens (tertiary/aromatic N) is 1. The van der Waals surface area contributed by atoms with Crippen LogP contribution >= 0.6 is 69.8 Å². The van der Waals surface area contributed by atoms with Gasteiger partial charge in [0.2, 0.25) is 0 Å². The number of nitrogens with one attached hydrogen (secondary N) is 1. The number of thioether (sulfide) groups is 1. The molecule has 0 spiro atoms. The van der Waals surface area contributed by atoms with Crippen LogP contribution in [0.25, 0.3) is 0 Å². The van der Waals surface area contributed by atoms with Crippen molar-refractivity contribution in [3.05, 3.63) is 42.2 Å². The third-order valence-corrected chi connectivity index (χ3v) is 6.86. The van der Waals surface area contributed by atoms with Gasteiger partial charge in [-0.1, -0.05) is 46.4 Å². The highest BCUT2D eigenvalue weighted by Crippen LogP contribution is 2.46. The summed E-state index contributed by atoms with van der Waals surface area (Å²) in [5.41, 5.74) is 0.663. The van der Waals surface area contributed by atoms with Crippen molar-refractivity contribution in [2.45, 2.75) is 16.4 Å². The van der Waals surface area contributed by atoms with Crippen LogP contribution in [0, 0.1) is 0 Å². The molecule has 1 aromatic rings. The average molecular weight is 395 g/mol. The molecule has 0 aliphatic heterocycles. The topological polar surface area (TPSA) is 37.8 Å². The summed E-state index contributed by atoms with van der Waals surface area (Å²) in [4.78, 5) is 11.4. The summed E-state index contributed by atoms with van der Waals surface area (Å²) in [5, 5.41) is 3.10. The normalized spacial score (nSPS) is 23.7. The third-order valence-electron chi connectivity index (χ3n) is 2.73. The fourth-order valence-electron chi connectivity index (χ4n) is 1.68. The molecular weight excluding hydrogens is 385 g/mol. The van der Waals surface area contributed by atoms with E-state index in [-0.39, 0.29) is 25.9 Å². The first-order chi connectivity index (χ1) is 9.32. The summed E-state index contributed by atoms with van der Waals surface area (Å²) >= 11 is 31.9. The molecule has 1 aromatic heterocycles. The zero-order chi connectivity index (χ0) is 15.0. The number of rotatable bonds is 3. The molecule has 0 saturated heterocycles. The number of aryl methyl sites for hydroxylation is 1. The molecule has 2 rings (SSSR count). The Hall–Kier alpha value is 0.290. The second kappa shape index (κ2) is 6.59. The molecule has 1 aliphatic carbocycles. The number of H-pyrrole nitrogens is 1. The van der Waals surface area contributed by atoms with E-state index in [4.69, 9.17) is 58.0 Å². The van der Waals surface area contributed by atoms with Crippen LogP contribution in [0.15, 0.2) is 31.0 Å². The van der Waals surface area contributed by atoms with E-state index in [0.29, 0.717) is 10.8 Å². The van der Waals surface area contributed by atoms with Crippen LogP contribution in [-0.2, 0) is 12.8 Å². The molecule has 2 unspecified atom stereocenters. The largest absolute Gasteiger partial charge is 0.299 e. The molecule has 0 aromatic carbocycles. The second-order valence-electron chi connectivity index (χ2n) is 4.14. The van der Waals surface area contributed by atoms with E-state index in [1.54, 1.807) is 7.05 Å². The van der Waals surface area contributed by atoms with Gasteiger partial charge >= 0.3 is 0 Å². The summed E-state index contributed by atoms with van der Waals surface area (Å²) in [6.45, 7) is 0. The highest BCUT2D eigenvalue weighted by molar-refractivity contribution is 7.99. The van der Waals surface area contributed by atoms with Crippen molar-refractivity contribution in [2.75, 3.05) is 0 Å². The minimum Gasteiger partial charge on any atom is -0.299 e. The number of hydrogen-bond donors (Lipinski definition) is 1. The lowest BCUT2D eigenvalue weighted by atomic mass is 10.1. The highest BCUT2D eigenvalue weighted by atomic mass is 35.5. The van der Waals surface area contributed by atoms with Gasteiger partial charge in [-0.2, -0.15) is 0 Å². The summed E-state index contributed by atoms with van der Waals surface area (Å²) in [7, 11) is 1.64. The van der Waals surface area contributed by atoms with Gasteiger partial charge in [-0.15, -0.1) is 23.4 Å². The van der Waals surface area contributed by atoms with Gasteiger partial charge in [0, 0.05) is 24.6 Å². The first-order valence-electron chi connectivity index (χ1n) is 5.44. The Labute approximate surface area is 144 Å². The molecule has 1 aliphatic rings. The Balaban J connectivity index is 2.16. The lowest BCUT2D eigenvalue weighted by Crippen LogP contribution is -2.23. The van der Waals surface area contributed by atoms with Gasteiger partial charge in [0.05, 0.1) is 30.8 Å². The molecule has 0 saturated carbocycles. The number of hydrogen-bond acceptors (Lipinski definition) is 2. The number of alkyl halides is 1. The van der Waals surface area contributed by atoms with Crippen LogP contribution in [0.4, 0.5) is 0 Å². The van der Waals surface area contributed by atoms with Crippen LogP contribution in [0.2, 0.25) is 0 Å². The minimum atomic E-state index is -0.556. The summed E-state index contributed by atoms with van der Waals surface area (Å²) < 4.78 is 1.39. The van der Waals surface area contributed by atoms with Gasteiger partial charge in [-0.25, -0.2) is 0 Å². The third kappa shape index (κ3) is 3.21. The summed E-state index contributed by atoms with van der Waals surface area (Å²) in [6.07, 6.45) is 0. The zero-order valence-corrected chi connectivity index (χ0v) is 14.7. The lowest BCUT2D eigenvalue weighted by molar-refractivity contribution is 0.729. The first-order valence-corrected chi connectivity index (χ1v) is 8.44. The standard InChI is InChI=1S/C11H9Cl5N2OS/c1-18-5(19)2-4(17-18)3-20-11-9(15)7(13)6(12)8(14)10(11)16/h2,9,11,17H,3H2,1H3. The maximum atomic E-state index is 11.4. The van der Waals surface area contributed by atoms with Crippen molar-refractivity contribution in [3.63, 3.8) is 0 Å². The van der Waals surface area contributed by atoms with Crippen molar-refractivity contribution in [1.29, 1.82) is 0 Å². The van der Waals surface area contributed by atoms with Crippen LogP contribution in [0.3, 0.4) is 0 Å². The predicted octanol–water partition coefficient (Wildman–Crippen LogP) is 4.31. The van der Waals surface area contributed by atoms with Crippen LogP contribution < -0.4 is 5.56 Å². The first kappa shape index (κ1) is 16.7. The van der Waals surface area contributed by atoms with Gasteiger partial charge < -0.3 is 0 Å². The fraction of sp³-hybridized carbons (Fsp3) is 0.364. The minimum absolute atomic E-state index is 0.104. The van der Waals surface area contributed by atoms with Crippen molar-refractivity contribution >= 4 is 69.8 Å². The zero-order valence-electron chi connectivity index (χ0n) is 10.1. The Morgan fingerprint density at radius 3 is 2.40 bits per heavy atom. The van der Waals surface area contributed by atoms with E-state index in [1.807, 2.05) is 0 Å². The summed E-state index contributed by atoms with van der Waals surface area (Å²) in [6, 6.07) is 1.52. The molecule has 1 heterocycles. The quantitative estimate of drug-likeness (QED) is 0.776. The maximum absolute atomic E-state index is 11.4. The fourth-order valence-corrected chi connectivity index (χ4v) is 4.63. The number of halogens is 5. The smallest absolute Gasteiger partial charge is 0.266 e. The van der Waals surface area contributed by atoms with E-state index < -0.39 is 5.38 Å². The van der Waals surface area contributed by atoms with Crippen molar-refractivity contribution in [1.82, 2.24) is 9.78 Å². The van der Waals surface area contributed by atoms with Gasteiger partial charge in [-0.05, 0) is 0 Å². The van der Waals surface area contributed by atoms with Crippen LogP contribution in [0.1, 0.15) is 5.69 Å². The number of aromatic nitrogens is 2. The summed E-state index contributed by atoms with van der Waals surface area (Å²) in [5.74, 6) is 0.520. The lowest BCUT2D eigenvalue weighted by Gasteiger charge is -2.26. The van der Waals surface area contributed by atoms with Gasteiger partial charge in [0.25, 0.3) is 5.56 Å². The molecule has 1 N–H and O–H groups in total. The molecule has 110 valence electrons. The molecule has 20 heavy (non-hydrogen) atoms. The van der Waals surface area contributed by atoms with E-state index in [0.717, 1.165) is 5.69 Å². The molecule has 0 fully saturated rings. The SMILES string of the molecule is Cn1[nH]c(CSC2C(Cl)=C(Cl)C(Cl)=C(Cl)C2Cl)cc1=O. The maximum Gasteiger partial charge on any atom is 0.266 e. The second-order valence-corrected chi connectivity index (χ2v) is 7.31. The van der Waals surface area contributed by atoms with Gasteiger partial charge in [0.1, 0.15) is 0 Å².